The summed E-state index contributed by atoms with van der Waals surface area (Å²) in [7, 11) is 0. The fourth-order valence-electron chi connectivity index (χ4n) is 1.65. The van der Waals surface area contributed by atoms with Gasteiger partial charge < -0.3 is 4.74 Å². The Bertz CT molecular complexity index is 567. The predicted molar refractivity (Wildman–Crippen MR) is 64.9 cm³/mol. The zero-order chi connectivity index (χ0) is 12.3. The van der Waals surface area contributed by atoms with Crippen molar-refractivity contribution in [1.82, 2.24) is 0 Å². The van der Waals surface area contributed by atoms with Crippen LogP contribution in [-0.2, 0) is 9.53 Å². The van der Waals surface area contributed by atoms with Gasteiger partial charge in [-0.05, 0) is 23.8 Å². The van der Waals surface area contributed by atoms with E-state index >= 15 is 0 Å². The summed E-state index contributed by atoms with van der Waals surface area (Å²) in [6.45, 7) is 1.21. The van der Waals surface area contributed by atoms with Crippen LogP contribution in [0.1, 0.15) is 17.3 Å². The number of esters is 1. The maximum atomic E-state index is 11.8. The van der Waals surface area contributed by atoms with Crippen molar-refractivity contribution in [3.8, 4) is 0 Å². The summed E-state index contributed by atoms with van der Waals surface area (Å²) in [6.07, 6.45) is 0. The van der Waals surface area contributed by atoms with Gasteiger partial charge >= 0.3 is 5.97 Å². The van der Waals surface area contributed by atoms with E-state index in [4.69, 9.17) is 4.74 Å². The topological polar surface area (TPSA) is 43.4 Å². The molecule has 0 aliphatic carbocycles. The molecule has 0 bridgehead atoms. The molecule has 0 aromatic heterocycles. The summed E-state index contributed by atoms with van der Waals surface area (Å²) in [4.78, 5) is 22.6. The number of hydrogen-bond donors (Lipinski definition) is 0. The monoisotopic (exact) mass is 228 g/mol. The Balaban J connectivity index is 2.35. The highest BCUT2D eigenvalue weighted by Gasteiger charge is 2.11. The highest BCUT2D eigenvalue weighted by molar-refractivity contribution is 6.04. The number of ether oxygens (including phenoxy) is 1. The molecule has 0 aliphatic heterocycles. The van der Waals surface area contributed by atoms with Crippen LogP contribution in [0, 0.1) is 0 Å². The number of carbonyl (C=O) groups is 2. The maximum Gasteiger partial charge on any atom is 0.339 e. The van der Waals surface area contributed by atoms with Crippen LogP contribution in [-0.4, -0.2) is 18.4 Å². The van der Waals surface area contributed by atoms with Crippen LogP contribution in [0.5, 0.6) is 0 Å². The van der Waals surface area contributed by atoms with Gasteiger partial charge in [-0.25, -0.2) is 4.79 Å². The zero-order valence-corrected chi connectivity index (χ0v) is 9.47. The highest BCUT2D eigenvalue weighted by Crippen LogP contribution is 2.19. The van der Waals surface area contributed by atoms with E-state index in [1.54, 1.807) is 12.1 Å². The van der Waals surface area contributed by atoms with Crippen molar-refractivity contribution in [2.75, 3.05) is 6.61 Å². The van der Waals surface area contributed by atoms with E-state index in [0.717, 1.165) is 10.8 Å². The lowest BCUT2D eigenvalue weighted by molar-refractivity contribution is -0.120. The number of rotatable bonds is 3. The first-order valence-electron chi connectivity index (χ1n) is 5.33. The van der Waals surface area contributed by atoms with Gasteiger partial charge in [0, 0.05) is 0 Å². The Labute approximate surface area is 99.0 Å². The normalized spacial score (nSPS) is 10.2. The molecule has 86 valence electrons. The second-order valence-electron chi connectivity index (χ2n) is 3.80. The van der Waals surface area contributed by atoms with Crippen LogP contribution in [0.3, 0.4) is 0 Å². The van der Waals surface area contributed by atoms with Crippen LogP contribution < -0.4 is 0 Å². The molecular weight excluding hydrogens is 216 g/mol. The first-order valence-corrected chi connectivity index (χ1v) is 5.33. The van der Waals surface area contributed by atoms with Crippen LogP contribution in [0.2, 0.25) is 0 Å². The maximum absolute atomic E-state index is 11.8. The molecule has 0 N–H and O–H groups in total. The lowest BCUT2D eigenvalue weighted by Gasteiger charge is -2.05. The third-order valence-electron chi connectivity index (χ3n) is 2.42. The summed E-state index contributed by atoms with van der Waals surface area (Å²) in [5, 5.41) is 1.81. The van der Waals surface area contributed by atoms with Crippen molar-refractivity contribution < 1.29 is 14.3 Å². The minimum atomic E-state index is -0.461. The molecule has 0 saturated carbocycles. The first kappa shape index (κ1) is 11.3. The third kappa shape index (κ3) is 2.50. The van der Waals surface area contributed by atoms with Crippen molar-refractivity contribution in [1.29, 1.82) is 0 Å². The fourth-order valence-corrected chi connectivity index (χ4v) is 1.65. The molecule has 0 fully saturated rings. The third-order valence-corrected chi connectivity index (χ3v) is 2.42. The summed E-state index contributed by atoms with van der Waals surface area (Å²) >= 11 is 0. The van der Waals surface area contributed by atoms with Crippen molar-refractivity contribution in [3.63, 3.8) is 0 Å². The number of fused-ring (bicyclic) bond motifs is 1. The number of hydrogen-bond acceptors (Lipinski definition) is 3. The molecule has 0 spiro atoms. The number of Topliss-reactive ketones (excluding diaryl/α,β-unsaturated/α-hetero) is 1. The Morgan fingerprint density at radius 3 is 2.53 bits per heavy atom. The molecule has 0 unspecified atom stereocenters. The molecule has 0 aliphatic rings. The molecule has 0 heterocycles. The molecular formula is C14H12O3. The largest absolute Gasteiger partial charge is 0.454 e. The summed E-state index contributed by atoms with van der Waals surface area (Å²) in [5.74, 6) is -0.629. The number of ketones is 1. The molecule has 17 heavy (non-hydrogen) atoms. The van der Waals surface area contributed by atoms with Gasteiger partial charge in [-0.1, -0.05) is 36.4 Å². The van der Waals surface area contributed by atoms with Gasteiger partial charge in [-0.3, -0.25) is 4.79 Å². The SMILES string of the molecule is CC(=O)COC(=O)c1cccc2ccccc12. The Morgan fingerprint density at radius 2 is 1.76 bits per heavy atom. The average molecular weight is 228 g/mol. The van der Waals surface area contributed by atoms with Gasteiger partial charge in [0.15, 0.2) is 5.78 Å². The van der Waals surface area contributed by atoms with Gasteiger partial charge in [0.1, 0.15) is 6.61 Å². The molecule has 0 amide bonds. The van der Waals surface area contributed by atoms with Gasteiger partial charge in [0.25, 0.3) is 0 Å². The van der Waals surface area contributed by atoms with E-state index < -0.39 is 5.97 Å². The summed E-state index contributed by atoms with van der Waals surface area (Å²) in [5.41, 5.74) is 0.490. The first-order chi connectivity index (χ1) is 8.18. The van der Waals surface area contributed by atoms with E-state index in [1.165, 1.54) is 6.92 Å². The molecule has 2 aromatic rings. The van der Waals surface area contributed by atoms with Crippen LogP contribution >= 0.6 is 0 Å². The van der Waals surface area contributed by atoms with E-state index in [0.29, 0.717) is 5.56 Å². The molecule has 3 nitrogen and oxygen atoms in total. The van der Waals surface area contributed by atoms with E-state index in [9.17, 15) is 9.59 Å². The van der Waals surface area contributed by atoms with Crippen molar-refractivity contribution >= 4 is 22.5 Å². The van der Waals surface area contributed by atoms with Crippen molar-refractivity contribution in [3.05, 3.63) is 48.0 Å². The molecule has 0 atom stereocenters. The molecule has 3 heteroatoms. The Morgan fingerprint density at radius 1 is 1.06 bits per heavy atom. The Hall–Kier alpha value is -2.16. The smallest absolute Gasteiger partial charge is 0.339 e. The summed E-state index contributed by atoms with van der Waals surface area (Å²) in [6, 6.07) is 13.0. The number of carbonyl (C=O) groups excluding carboxylic acids is 2. The minimum Gasteiger partial charge on any atom is -0.454 e. The van der Waals surface area contributed by atoms with Crippen molar-refractivity contribution in [2.45, 2.75) is 6.92 Å². The summed E-state index contributed by atoms with van der Waals surface area (Å²) < 4.78 is 4.91. The Kier molecular flexibility index (Phi) is 3.19. The van der Waals surface area contributed by atoms with Gasteiger partial charge in [-0.15, -0.1) is 0 Å². The average Bonchev–Trinajstić information content (AvgIpc) is 2.35. The molecule has 0 radical (unpaired) electrons. The quantitative estimate of drug-likeness (QED) is 0.758. The van der Waals surface area contributed by atoms with Gasteiger partial charge in [-0.2, -0.15) is 0 Å². The number of benzene rings is 2. The molecule has 0 saturated heterocycles. The van der Waals surface area contributed by atoms with E-state index in [2.05, 4.69) is 0 Å². The van der Waals surface area contributed by atoms with Gasteiger partial charge in [0.2, 0.25) is 0 Å². The van der Waals surface area contributed by atoms with Crippen LogP contribution in [0.4, 0.5) is 0 Å². The molecule has 2 aromatic carbocycles. The second kappa shape index (κ2) is 4.78. The predicted octanol–water partition coefficient (Wildman–Crippen LogP) is 2.59. The lowest BCUT2D eigenvalue weighted by Crippen LogP contribution is -2.11. The lowest BCUT2D eigenvalue weighted by atomic mass is 10.1. The zero-order valence-electron chi connectivity index (χ0n) is 9.47. The standard InChI is InChI=1S/C14H12O3/c1-10(15)9-17-14(16)13-8-4-6-11-5-2-3-7-12(11)13/h2-8H,9H2,1H3. The highest BCUT2D eigenvalue weighted by atomic mass is 16.5. The van der Waals surface area contributed by atoms with Crippen LogP contribution in [0.25, 0.3) is 10.8 Å². The van der Waals surface area contributed by atoms with E-state index in [1.807, 2.05) is 30.3 Å². The fraction of sp³-hybridized carbons (Fsp3) is 0.143. The van der Waals surface area contributed by atoms with E-state index in [-0.39, 0.29) is 12.4 Å². The van der Waals surface area contributed by atoms with Crippen LogP contribution in [0.15, 0.2) is 42.5 Å². The van der Waals surface area contributed by atoms with Crippen molar-refractivity contribution in [2.24, 2.45) is 0 Å². The van der Waals surface area contributed by atoms with Gasteiger partial charge in [0.05, 0.1) is 5.56 Å². The minimum absolute atomic E-state index is 0.168. The second-order valence-corrected chi connectivity index (χ2v) is 3.80. The molecule has 2 rings (SSSR count).